The highest BCUT2D eigenvalue weighted by molar-refractivity contribution is 7.09. The summed E-state index contributed by atoms with van der Waals surface area (Å²) in [5, 5.41) is 12.1. The van der Waals surface area contributed by atoms with Crippen LogP contribution in [0.15, 0.2) is 53.6 Å². The Labute approximate surface area is 203 Å². The van der Waals surface area contributed by atoms with Crippen molar-refractivity contribution in [2.75, 3.05) is 31.7 Å². The van der Waals surface area contributed by atoms with Gasteiger partial charge in [-0.15, -0.1) is 23.7 Å². The van der Waals surface area contributed by atoms with E-state index in [1.807, 2.05) is 37.2 Å². The van der Waals surface area contributed by atoms with E-state index in [0.717, 1.165) is 17.7 Å². The van der Waals surface area contributed by atoms with Gasteiger partial charge in [-0.1, -0.05) is 6.07 Å². The zero-order chi connectivity index (χ0) is 22.9. The van der Waals surface area contributed by atoms with Crippen molar-refractivity contribution in [3.63, 3.8) is 0 Å². The molecule has 0 aliphatic carbocycles. The minimum Gasteiger partial charge on any atom is -0.396 e. The van der Waals surface area contributed by atoms with Gasteiger partial charge in [0.25, 0.3) is 5.91 Å². The molecule has 3 rings (SSSR count). The Kier molecular flexibility index (Phi) is 10.0. The molecule has 3 aromatic rings. The highest BCUT2D eigenvalue weighted by atomic mass is 35.5. The highest BCUT2D eigenvalue weighted by Crippen LogP contribution is 2.23. The molecule has 0 bridgehead atoms. The summed E-state index contributed by atoms with van der Waals surface area (Å²) in [5.41, 5.74) is 8.96. The first-order chi connectivity index (χ1) is 15.4. The van der Waals surface area contributed by atoms with Gasteiger partial charge in [-0.3, -0.25) is 14.8 Å². The number of nitrogen functional groups attached to an aromatic ring is 1. The van der Waals surface area contributed by atoms with Gasteiger partial charge >= 0.3 is 6.03 Å². The molecule has 0 aliphatic rings. The van der Waals surface area contributed by atoms with Crippen molar-refractivity contribution in [1.29, 1.82) is 0 Å². The first-order valence-electron chi connectivity index (χ1n) is 10.1. The summed E-state index contributed by atoms with van der Waals surface area (Å²) in [4.78, 5) is 35.2. The second kappa shape index (κ2) is 12.7. The maximum atomic E-state index is 12.5. The molecule has 0 aliphatic heterocycles. The molecule has 1 unspecified atom stereocenters. The number of hydrogen-bond acceptors (Lipinski definition) is 7. The van der Waals surface area contributed by atoms with Crippen LogP contribution in [0, 0.1) is 0 Å². The highest BCUT2D eigenvalue weighted by Gasteiger charge is 2.17. The van der Waals surface area contributed by atoms with Gasteiger partial charge in [0.1, 0.15) is 5.69 Å². The lowest BCUT2D eigenvalue weighted by Crippen LogP contribution is -2.38. The topological polar surface area (TPSA) is 125 Å². The number of nitrogens with one attached hydrogen (secondary N) is 3. The molecule has 0 radical (unpaired) electrons. The number of aromatic nitrogens is 2. The van der Waals surface area contributed by atoms with Crippen LogP contribution < -0.4 is 21.7 Å². The van der Waals surface area contributed by atoms with Crippen LogP contribution >= 0.6 is 23.7 Å². The lowest BCUT2D eigenvalue weighted by atomic mass is 10.1. The number of rotatable bonds is 9. The smallest absolute Gasteiger partial charge is 0.315 e. The maximum absolute atomic E-state index is 12.5. The summed E-state index contributed by atoms with van der Waals surface area (Å²) in [6.45, 7) is 1.17. The number of nitrogens with zero attached hydrogens (tertiary/aromatic N) is 3. The van der Waals surface area contributed by atoms with Crippen LogP contribution in [0.1, 0.15) is 34.1 Å². The van der Waals surface area contributed by atoms with Crippen LogP contribution in [0.3, 0.4) is 0 Å². The van der Waals surface area contributed by atoms with Gasteiger partial charge in [-0.25, -0.2) is 4.79 Å². The van der Waals surface area contributed by atoms with Gasteiger partial charge < -0.3 is 26.6 Å². The molecule has 3 amide bonds. The second-order valence-corrected chi connectivity index (χ2v) is 8.24. The number of nitrogens with two attached hydrogens (primary N) is 1. The van der Waals surface area contributed by atoms with Crippen molar-refractivity contribution >= 4 is 47.1 Å². The normalized spacial score (nSPS) is 11.4. The quantitative estimate of drug-likeness (QED) is 0.365. The molecule has 3 heterocycles. The van der Waals surface area contributed by atoms with E-state index in [2.05, 4.69) is 25.9 Å². The zero-order valence-electron chi connectivity index (χ0n) is 18.4. The predicted octanol–water partition coefficient (Wildman–Crippen LogP) is 3.29. The second-order valence-electron chi connectivity index (χ2n) is 7.50. The van der Waals surface area contributed by atoms with Gasteiger partial charge in [-0.05, 0) is 56.4 Å². The molecule has 3 aromatic heterocycles. The lowest BCUT2D eigenvalue weighted by molar-refractivity contribution is 0.102. The molecule has 0 saturated carbocycles. The van der Waals surface area contributed by atoms with E-state index in [9.17, 15) is 9.59 Å². The SMILES string of the molecule is CN(C)CCC(NC(=O)NCc1ccncc1)c1ccc(C(=O)Nc2cscc2N)nc1.Cl. The summed E-state index contributed by atoms with van der Waals surface area (Å²) < 4.78 is 0. The average Bonchev–Trinajstić information content (AvgIpc) is 3.20. The van der Waals surface area contributed by atoms with Crippen molar-refractivity contribution in [1.82, 2.24) is 25.5 Å². The van der Waals surface area contributed by atoms with Crippen molar-refractivity contribution in [3.8, 4) is 0 Å². The van der Waals surface area contributed by atoms with E-state index < -0.39 is 0 Å². The summed E-state index contributed by atoms with van der Waals surface area (Å²) in [5.74, 6) is -0.338. The zero-order valence-corrected chi connectivity index (χ0v) is 20.1. The Morgan fingerprint density at radius 1 is 1.15 bits per heavy atom. The van der Waals surface area contributed by atoms with Crippen LogP contribution in [0.4, 0.5) is 16.2 Å². The molecule has 1 atom stereocenters. The molecular formula is C22H28ClN7O2S. The minimum atomic E-state index is -0.338. The van der Waals surface area contributed by atoms with Crippen molar-refractivity contribution in [2.45, 2.75) is 19.0 Å². The molecule has 0 saturated heterocycles. The molecule has 0 aromatic carbocycles. The summed E-state index contributed by atoms with van der Waals surface area (Å²) in [7, 11) is 3.95. The molecular weight excluding hydrogens is 462 g/mol. The van der Waals surface area contributed by atoms with Gasteiger partial charge in [0.2, 0.25) is 0 Å². The molecule has 176 valence electrons. The van der Waals surface area contributed by atoms with Crippen LogP contribution in [-0.2, 0) is 6.54 Å². The molecule has 5 N–H and O–H groups in total. The van der Waals surface area contributed by atoms with E-state index >= 15 is 0 Å². The number of halogens is 1. The van der Waals surface area contributed by atoms with Crippen LogP contribution in [0.2, 0.25) is 0 Å². The van der Waals surface area contributed by atoms with Crippen molar-refractivity contribution in [2.24, 2.45) is 0 Å². The monoisotopic (exact) mass is 489 g/mol. The number of hydrogen-bond donors (Lipinski definition) is 4. The molecule has 0 fully saturated rings. The lowest BCUT2D eigenvalue weighted by Gasteiger charge is -2.21. The van der Waals surface area contributed by atoms with Crippen LogP contribution in [0.5, 0.6) is 0 Å². The number of anilines is 2. The maximum Gasteiger partial charge on any atom is 0.315 e. The Hall–Kier alpha value is -3.21. The largest absolute Gasteiger partial charge is 0.396 e. The third kappa shape index (κ3) is 8.01. The number of thiophene rings is 1. The van der Waals surface area contributed by atoms with Gasteiger partial charge in [0.05, 0.1) is 17.4 Å². The summed E-state index contributed by atoms with van der Waals surface area (Å²) in [6, 6.07) is 6.62. The molecule has 9 nitrogen and oxygen atoms in total. The van der Waals surface area contributed by atoms with Crippen LogP contribution in [-0.4, -0.2) is 47.4 Å². The first-order valence-corrected chi connectivity index (χ1v) is 11.0. The number of urea groups is 1. The number of pyridine rings is 2. The van der Waals surface area contributed by atoms with Crippen molar-refractivity contribution in [3.05, 3.63) is 70.4 Å². The fraction of sp³-hybridized carbons (Fsp3) is 0.273. The standard InChI is InChI=1S/C22H27N7O2S.ClH/c1-29(2)10-7-18(28-22(31)26-11-15-5-8-24-9-6-15)16-3-4-19(25-12-16)21(30)27-20-14-32-13-17(20)23;/h3-6,8-9,12-14,18H,7,10-11,23H2,1-2H3,(H,27,30)(H2,26,28,31);1H. The predicted molar refractivity (Wildman–Crippen MR) is 134 cm³/mol. The van der Waals surface area contributed by atoms with E-state index in [1.165, 1.54) is 11.3 Å². The van der Waals surface area contributed by atoms with Gasteiger partial charge in [0, 0.05) is 35.9 Å². The Morgan fingerprint density at radius 2 is 1.91 bits per heavy atom. The number of carbonyl (C=O) groups excluding carboxylic acids is 2. The van der Waals surface area contributed by atoms with Crippen LogP contribution in [0.25, 0.3) is 0 Å². The van der Waals surface area contributed by atoms with Gasteiger partial charge in [-0.2, -0.15) is 0 Å². The van der Waals surface area contributed by atoms with E-state index in [4.69, 9.17) is 5.73 Å². The Morgan fingerprint density at radius 3 is 2.52 bits per heavy atom. The van der Waals surface area contributed by atoms with E-state index in [-0.39, 0.29) is 36.1 Å². The fourth-order valence-electron chi connectivity index (χ4n) is 2.94. The van der Waals surface area contributed by atoms with Gasteiger partial charge in [0.15, 0.2) is 0 Å². The van der Waals surface area contributed by atoms with E-state index in [1.54, 1.807) is 35.4 Å². The van der Waals surface area contributed by atoms with E-state index in [0.29, 0.717) is 24.3 Å². The number of amides is 3. The average molecular weight is 490 g/mol. The molecule has 0 spiro atoms. The summed E-state index contributed by atoms with van der Waals surface area (Å²) >= 11 is 1.41. The molecule has 33 heavy (non-hydrogen) atoms. The first kappa shape index (κ1) is 26.0. The molecule has 11 heteroatoms. The number of carbonyl (C=O) groups is 2. The van der Waals surface area contributed by atoms with Crippen molar-refractivity contribution < 1.29 is 9.59 Å². The third-order valence-electron chi connectivity index (χ3n) is 4.73. The fourth-order valence-corrected chi connectivity index (χ4v) is 3.62. The Balaban J connectivity index is 0.00000385. The minimum absolute atomic E-state index is 0. The summed E-state index contributed by atoms with van der Waals surface area (Å²) in [6.07, 6.45) is 5.68. The Bertz CT molecular complexity index is 1030. The third-order valence-corrected chi connectivity index (χ3v) is 5.50.